The van der Waals surface area contributed by atoms with Gasteiger partial charge in [0.05, 0.1) is 40.6 Å². The van der Waals surface area contributed by atoms with Gasteiger partial charge in [0, 0.05) is 13.1 Å². The fourth-order valence-corrected chi connectivity index (χ4v) is 4.67. The second-order valence-corrected chi connectivity index (χ2v) is 11.0. The van der Waals surface area contributed by atoms with Crippen LogP contribution >= 0.6 is 0 Å². The van der Waals surface area contributed by atoms with Gasteiger partial charge < -0.3 is 24.1 Å². The predicted molar refractivity (Wildman–Crippen MR) is 136 cm³/mol. The lowest BCUT2D eigenvalue weighted by Crippen LogP contribution is -2.39. The number of rotatable bonds is 6. The molecule has 1 saturated heterocycles. The van der Waals surface area contributed by atoms with E-state index in [1.54, 1.807) is 21.3 Å². The highest BCUT2D eigenvalue weighted by Crippen LogP contribution is 2.46. The molecule has 3 rings (SSSR count). The van der Waals surface area contributed by atoms with E-state index in [1.165, 1.54) is 0 Å². The van der Waals surface area contributed by atoms with Crippen molar-refractivity contribution in [3.8, 4) is 23.0 Å². The Balaban J connectivity index is 2.32. The molecule has 1 aliphatic heterocycles. The van der Waals surface area contributed by atoms with Gasteiger partial charge in [0.15, 0.2) is 11.5 Å². The second kappa shape index (κ2) is 10.0. The summed E-state index contributed by atoms with van der Waals surface area (Å²) in [6.07, 6.45) is 0. The summed E-state index contributed by atoms with van der Waals surface area (Å²) in [4.78, 5) is 2.43. The highest BCUT2D eigenvalue weighted by atomic mass is 16.5. The molecule has 0 spiro atoms. The molecular weight excluding hydrogens is 430 g/mol. The van der Waals surface area contributed by atoms with Gasteiger partial charge in [-0.15, -0.1) is 0 Å². The van der Waals surface area contributed by atoms with Gasteiger partial charge in [0.25, 0.3) is 0 Å². The Labute approximate surface area is 204 Å². The van der Waals surface area contributed by atoms with E-state index >= 15 is 0 Å². The topological polar surface area (TPSA) is 60.4 Å². The van der Waals surface area contributed by atoms with Crippen LogP contribution in [-0.4, -0.2) is 57.6 Å². The molecule has 0 aliphatic carbocycles. The second-order valence-electron chi connectivity index (χ2n) is 11.0. The number of benzene rings is 2. The summed E-state index contributed by atoms with van der Waals surface area (Å²) in [6.45, 7) is 15.8. The molecule has 2 aromatic rings. The third-order valence-electron chi connectivity index (χ3n) is 6.48. The minimum absolute atomic E-state index is 0.0691. The molecule has 0 amide bonds. The highest BCUT2D eigenvalue weighted by Gasteiger charge is 2.32. The van der Waals surface area contributed by atoms with Crippen LogP contribution in [0.4, 0.5) is 0 Å². The maximum Gasteiger partial charge on any atom is 0.203 e. The monoisotopic (exact) mass is 471 g/mol. The van der Waals surface area contributed by atoms with Gasteiger partial charge in [0.1, 0.15) is 5.75 Å². The summed E-state index contributed by atoms with van der Waals surface area (Å²) in [6, 6.07) is 8.31. The van der Waals surface area contributed by atoms with E-state index < -0.39 is 0 Å². The largest absolute Gasteiger partial charge is 0.507 e. The summed E-state index contributed by atoms with van der Waals surface area (Å²) < 4.78 is 22.6. The van der Waals surface area contributed by atoms with E-state index in [1.807, 2.05) is 12.1 Å². The zero-order chi connectivity index (χ0) is 25.3. The fourth-order valence-electron chi connectivity index (χ4n) is 4.67. The molecule has 1 unspecified atom stereocenters. The van der Waals surface area contributed by atoms with Crippen molar-refractivity contribution < 1.29 is 24.1 Å². The van der Waals surface area contributed by atoms with Crippen molar-refractivity contribution >= 4 is 0 Å². The predicted octanol–water partition coefficient (Wildman–Crippen LogP) is 5.43. The van der Waals surface area contributed by atoms with Crippen LogP contribution in [0.25, 0.3) is 0 Å². The van der Waals surface area contributed by atoms with Crippen molar-refractivity contribution in [3.05, 3.63) is 46.5 Å². The summed E-state index contributed by atoms with van der Waals surface area (Å²) in [7, 11) is 4.90. The lowest BCUT2D eigenvalue weighted by molar-refractivity contribution is 0.0238. The molecule has 34 heavy (non-hydrogen) atoms. The van der Waals surface area contributed by atoms with Gasteiger partial charge in [0.2, 0.25) is 5.75 Å². The smallest absolute Gasteiger partial charge is 0.203 e. The lowest BCUT2D eigenvalue weighted by atomic mass is 9.77. The van der Waals surface area contributed by atoms with Crippen LogP contribution in [0.5, 0.6) is 23.0 Å². The molecule has 6 nitrogen and oxygen atoms in total. The van der Waals surface area contributed by atoms with Crippen LogP contribution in [0, 0.1) is 0 Å². The molecule has 0 bridgehead atoms. The van der Waals surface area contributed by atoms with Gasteiger partial charge in [-0.2, -0.15) is 0 Å². The van der Waals surface area contributed by atoms with Crippen molar-refractivity contribution in [1.29, 1.82) is 0 Å². The Kier molecular flexibility index (Phi) is 7.73. The van der Waals surface area contributed by atoms with Crippen LogP contribution in [0.3, 0.4) is 0 Å². The molecule has 1 fully saturated rings. The normalized spacial score (nSPS) is 16.3. The van der Waals surface area contributed by atoms with E-state index in [4.69, 9.17) is 18.9 Å². The van der Waals surface area contributed by atoms with Crippen molar-refractivity contribution in [3.63, 3.8) is 0 Å². The first-order valence-corrected chi connectivity index (χ1v) is 11.9. The first-order valence-electron chi connectivity index (χ1n) is 11.9. The third kappa shape index (κ3) is 5.28. The maximum atomic E-state index is 11.3. The van der Waals surface area contributed by atoms with Crippen LogP contribution in [0.2, 0.25) is 0 Å². The zero-order valence-corrected chi connectivity index (χ0v) is 22.2. The molecule has 0 aromatic heterocycles. The fraction of sp³-hybridized carbons (Fsp3) is 0.571. The molecule has 1 heterocycles. The van der Waals surface area contributed by atoms with Gasteiger partial charge in [-0.05, 0) is 57.3 Å². The Morgan fingerprint density at radius 2 is 1.21 bits per heavy atom. The molecule has 1 N–H and O–H groups in total. The quantitative estimate of drug-likeness (QED) is 0.606. The number of phenols is 1. The molecule has 1 aliphatic rings. The SMILES string of the molecule is COc1cc(C(c2cc(C(C)(C)C)c(O)c(C(C)(C)C)c2)N2CCOCC2)cc(OC)c1OC. The molecule has 1 atom stereocenters. The molecule has 0 saturated carbocycles. The number of hydrogen-bond acceptors (Lipinski definition) is 6. The van der Waals surface area contributed by atoms with Gasteiger partial charge in [-0.3, -0.25) is 4.90 Å². The molecule has 2 aromatic carbocycles. The minimum Gasteiger partial charge on any atom is -0.507 e. The number of hydrogen-bond donors (Lipinski definition) is 1. The van der Waals surface area contributed by atoms with Crippen LogP contribution < -0.4 is 14.2 Å². The van der Waals surface area contributed by atoms with Crippen molar-refractivity contribution in [2.75, 3.05) is 47.6 Å². The van der Waals surface area contributed by atoms with Gasteiger partial charge >= 0.3 is 0 Å². The third-order valence-corrected chi connectivity index (χ3v) is 6.48. The van der Waals surface area contributed by atoms with E-state index in [0.29, 0.717) is 36.2 Å². The Hall–Kier alpha value is -2.44. The van der Waals surface area contributed by atoms with Crippen LogP contribution in [-0.2, 0) is 15.6 Å². The standard InChI is InChI=1S/C28H41NO5/c1-27(2,3)20-14-18(15-21(25(20)30)28(4,5)6)24(29-10-12-34-13-11-29)19-16-22(31-7)26(33-9)23(17-19)32-8/h14-17,24,30H,10-13H2,1-9H3. The molecule has 6 heteroatoms. The Bertz CT molecular complexity index is 937. The lowest BCUT2D eigenvalue weighted by Gasteiger charge is -2.37. The Morgan fingerprint density at radius 1 is 0.765 bits per heavy atom. The molecule has 0 radical (unpaired) electrons. The average Bonchev–Trinajstić information content (AvgIpc) is 2.78. The van der Waals surface area contributed by atoms with Crippen molar-refractivity contribution in [2.45, 2.75) is 58.4 Å². The molecule has 188 valence electrons. The highest BCUT2D eigenvalue weighted by molar-refractivity contribution is 5.57. The van der Waals surface area contributed by atoms with E-state index in [-0.39, 0.29) is 16.9 Å². The van der Waals surface area contributed by atoms with E-state index in [0.717, 1.165) is 35.3 Å². The number of aromatic hydroxyl groups is 1. The number of morpholine rings is 1. The van der Waals surface area contributed by atoms with Gasteiger partial charge in [-0.1, -0.05) is 41.5 Å². The summed E-state index contributed by atoms with van der Waals surface area (Å²) in [5.74, 6) is 2.21. The zero-order valence-electron chi connectivity index (χ0n) is 22.2. The summed E-state index contributed by atoms with van der Waals surface area (Å²) in [5, 5.41) is 11.3. The average molecular weight is 472 g/mol. The Morgan fingerprint density at radius 3 is 1.59 bits per heavy atom. The number of nitrogens with zero attached hydrogens (tertiary/aromatic N) is 1. The van der Waals surface area contributed by atoms with Gasteiger partial charge in [-0.25, -0.2) is 0 Å². The maximum absolute atomic E-state index is 11.3. The minimum atomic E-state index is -0.217. The first kappa shape index (κ1) is 26.2. The van der Waals surface area contributed by atoms with E-state index in [9.17, 15) is 5.11 Å². The number of phenolic OH excluding ortho intramolecular Hbond substituents is 1. The summed E-state index contributed by atoms with van der Waals surface area (Å²) >= 11 is 0. The number of methoxy groups -OCH3 is 3. The van der Waals surface area contributed by atoms with Crippen LogP contribution in [0.15, 0.2) is 24.3 Å². The summed E-state index contributed by atoms with van der Waals surface area (Å²) in [5.41, 5.74) is 3.63. The first-order chi connectivity index (χ1) is 15.9. The molecular formula is C28H41NO5. The van der Waals surface area contributed by atoms with Crippen LogP contribution in [0.1, 0.15) is 69.8 Å². The van der Waals surface area contributed by atoms with Crippen molar-refractivity contribution in [1.82, 2.24) is 4.90 Å². The van der Waals surface area contributed by atoms with E-state index in [2.05, 4.69) is 58.6 Å². The van der Waals surface area contributed by atoms with Crippen molar-refractivity contribution in [2.24, 2.45) is 0 Å². The number of ether oxygens (including phenoxy) is 4.